The summed E-state index contributed by atoms with van der Waals surface area (Å²) in [6, 6.07) is 4.20. The molecular weight excluding hydrogens is 516 g/mol. The first-order valence-corrected chi connectivity index (χ1v) is 12.7. The van der Waals surface area contributed by atoms with Gasteiger partial charge in [0.25, 0.3) is 0 Å². The minimum Gasteiger partial charge on any atom is -0.490 e. The Kier molecular flexibility index (Phi) is 8.48. The summed E-state index contributed by atoms with van der Waals surface area (Å²) < 4.78 is 62.5. The third-order valence-electron chi connectivity index (χ3n) is 6.83. The van der Waals surface area contributed by atoms with E-state index in [-0.39, 0.29) is 34.4 Å². The van der Waals surface area contributed by atoms with Crippen molar-refractivity contribution in [3.63, 3.8) is 0 Å². The van der Waals surface area contributed by atoms with Crippen LogP contribution < -0.4 is 9.47 Å². The van der Waals surface area contributed by atoms with Gasteiger partial charge in [-0.25, -0.2) is 14.2 Å². The number of carboxylic acid groups (broad SMARTS) is 1. The quantitative estimate of drug-likeness (QED) is 0.346. The molecule has 2 aromatic rings. The maximum Gasteiger partial charge on any atom is 0.422 e. The molecule has 202 valence electrons. The van der Waals surface area contributed by atoms with Crippen molar-refractivity contribution in [3.05, 3.63) is 51.9 Å². The molecule has 4 rings (SSSR count). The van der Waals surface area contributed by atoms with Crippen LogP contribution in [-0.4, -0.2) is 52.9 Å². The van der Waals surface area contributed by atoms with E-state index >= 15 is 0 Å². The molecule has 1 aromatic carbocycles. The fourth-order valence-corrected chi connectivity index (χ4v) is 5.02. The molecule has 1 saturated carbocycles. The molecule has 0 spiro atoms. The van der Waals surface area contributed by atoms with Crippen LogP contribution in [0.2, 0.25) is 5.02 Å². The number of pyridine rings is 1. The van der Waals surface area contributed by atoms with E-state index in [1.165, 1.54) is 18.3 Å². The molecule has 0 amide bonds. The summed E-state index contributed by atoms with van der Waals surface area (Å²) >= 11 is 6.06. The Balaban J connectivity index is 1.34. The van der Waals surface area contributed by atoms with Crippen molar-refractivity contribution in [2.45, 2.75) is 63.8 Å². The number of benzene rings is 1. The summed E-state index contributed by atoms with van der Waals surface area (Å²) in [5, 5.41) is 9.31. The molecule has 1 aromatic heterocycles. The maximum absolute atomic E-state index is 14.4. The van der Waals surface area contributed by atoms with Crippen molar-refractivity contribution in [1.82, 2.24) is 9.88 Å². The predicted molar refractivity (Wildman–Crippen MR) is 129 cm³/mol. The summed E-state index contributed by atoms with van der Waals surface area (Å²) in [7, 11) is 0. The van der Waals surface area contributed by atoms with Gasteiger partial charge in [-0.2, -0.15) is 13.2 Å². The van der Waals surface area contributed by atoms with Gasteiger partial charge in [-0.15, -0.1) is 0 Å². The lowest BCUT2D eigenvalue weighted by Crippen LogP contribution is -2.39. The van der Waals surface area contributed by atoms with Gasteiger partial charge in [0, 0.05) is 18.8 Å². The zero-order valence-corrected chi connectivity index (χ0v) is 21.1. The van der Waals surface area contributed by atoms with E-state index in [1.807, 2.05) is 6.92 Å². The second-order valence-corrected chi connectivity index (χ2v) is 10.1. The summed E-state index contributed by atoms with van der Waals surface area (Å²) in [5.74, 6) is -1.44. The standard InChI is InChI=1S/C26H29ClF4N2O4/c1-2-22(37-23-11-21(28)19(25(34)35)10-18(23)16-3-4-16)17-5-7-33(8-6-17)13-15-9-20(27)24(32-12-15)36-14-26(29,30)31/h9-12,16-17,22H,2-8,13-14H2,1H3,(H,34,35). The smallest absolute Gasteiger partial charge is 0.422 e. The molecule has 0 radical (unpaired) electrons. The highest BCUT2D eigenvalue weighted by molar-refractivity contribution is 6.31. The summed E-state index contributed by atoms with van der Waals surface area (Å²) in [5.41, 5.74) is 1.21. The number of rotatable bonds is 10. The van der Waals surface area contributed by atoms with Crippen LogP contribution in [0.3, 0.4) is 0 Å². The Labute approximate surface area is 217 Å². The van der Waals surface area contributed by atoms with Crippen LogP contribution in [0.15, 0.2) is 24.4 Å². The van der Waals surface area contributed by atoms with Crippen molar-refractivity contribution >= 4 is 17.6 Å². The van der Waals surface area contributed by atoms with Crippen molar-refractivity contribution in [2.24, 2.45) is 5.92 Å². The second-order valence-electron chi connectivity index (χ2n) is 9.66. The number of ether oxygens (including phenoxy) is 2. The van der Waals surface area contributed by atoms with E-state index in [9.17, 15) is 27.5 Å². The van der Waals surface area contributed by atoms with Crippen LogP contribution in [0.25, 0.3) is 0 Å². The van der Waals surface area contributed by atoms with Gasteiger partial charge in [0.2, 0.25) is 5.88 Å². The van der Waals surface area contributed by atoms with Crippen molar-refractivity contribution in [1.29, 1.82) is 0 Å². The number of likely N-dealkylation sites (tertiary alicyclic amines) is 1. The molecule has 0 bridgehead atoms. The summed E-state index contributed by atoms with van der Waals surface area (Å²) in [6.45, 7) is 2.66. The summed E-state index contributed by atoms with van der Waals surface area (Å²) in [6.07, 6.45) is 1.17. The fourth-order valence-electron chi connectivity index (χ4n) is 4.78. The molecule has 1 saturated heterocycles. The highest BCUT2D eigenvalue weighted by atomic mass is 35.5. The molecule has 2 fully saturated rings. The van der Waals surface area contributed by atoms with E-state index in [0.717, 1.165) is 56.3 Å². The number of aromatic carboxylic acids is 1. The Hall–Kier alpha value is -2.59. The zero-order valence-electron chi connectivity index (χ0n) is 20.4. The van der Waals surface area contributed by atoms with Gasteiger partial charge < -0.3 is 14.6 Å². The number of nitrogens with zero attached hydrogens (tertiary/aromatic N) is 2. The average molecular weight is 545 g/mol. The Morgan fingerprint density at radius 1 is 1.22 bits per heavy atom. The first-order valence-electron chi connectivity index (χ1n) is 12.3. The van der Waals surface area contributed by atoms with Crippen molar-refractivity contribution in [3.8, 4) is 11.6 Å². The molecule has 1 atom stereocenters. The molecular formula is C26H29ClF4N2O4. The van der Waals surface area contributed by atoms with E-state index < -0.39 is 24.6 Å². The van der Waals surface area contributed by atoms with Gasteiger partial charge in [0.15, 0.2) is 6.61 Å². The zero-order chi connectivity index (χ0) is 26.7. The molecule has 2 aliphatic rings. The van der Waals surface area contributed by atoms with E-state index in [0.29, 0.717) is 12.3 Å². The summed E-state index contributed by atoms with van der Waals surface area (Å²) in [4.78, 5) is 17.5. The fraction of sp³-hybridized carbons (Fsp3) is 0.538. The largest absolute Gasteiger partial charge is 0.490 e. The number of halogens is 5. The van der Waals surface area contributed by atoms with Crippen molar-refractivity contribution < 1.29 is 36.9 Å². The Morgan fingerprint density at radius 3 is 2.49 bits per heavy atom. The lowest BCUT2D eigenvalue weighted by atomic mass is 9.89. The molecule has 6 nitrogen and oxygen atoms in total. The normalized spacial score (nSPS) is 18.0. The number of hydrogen-bond donors (Lipinski definition) is 1. The minimum atomic E-state index is -4.47. The topological polar surface area (TPSA) is 71.9 Å². The molecule has 11 heteroatoms. The molecule has 1 aliphatic carbocycles. The maximum atomic E-state index is 14.4. The number of carbonyl (C=O) groups is 1. The SMILES string of the molecule is CCC(Oc1cc(F)c(C(=O)O)cc1C1CC1)C1CCN(Cc2cnc(OCC(F)(F)F)c(Cl)c2)CC1. The minimum absolute atomic E-state index is 0.0312. The van der Waals surface area contributed by atoms with Crippen molar-refractivity contribution in [2.75, 3.05) is 19.7 Å². The predicted octanol–water partition coefficient (Wildman–Crippen LogP) is 6.46. The third kappa shape index (κ3) is 7.25. The molecule has 1 aliphatic heterocycles. The number of hydrogen-bond acceptors (Lipinski definition) is 5. The van der Waals surface area contributed by atoms with E-state index in [1.54, 1.807) is 6.07 Å². The number of carboxylic acids is 1. The van der Waals surface area contributed by atoms with Gasteiger partial charge in [-0.3, -0.25) is 4.90 Å². The number of piperidine rings is 1. The van der Waals surface area contributed by atoms with E-state index in [2.05, 4.69) is 14.6 Å². The lowest BCUT2D eigenvalue weighted by Gasteiger charge is -2.36. The van der Waals surface area contributed by atoms with Gasteiger partial charge in [0.1, 0.15) is 22.7 Å². The van der Waals surface area contributed by atoms with Crippen LogP contribution >= 0.6 is 11.6 Å². The number of aromatic nitrogens is 1. The Morgan fingerprint density at radius 2 is 1.92 bits per heavy atom. The van der Waals surface area contributed by atoms with Crippen LogP contribution in [-0.2, 0) is 6.54 Å². The number of alkyl halides is 3. The van der Waals surface area contributed by atoms with Crippen LogP contribution in [0.5, 0.6) is 11.6 Å². The first kappa shape index (κ1) is 27.4. The van der Waals surface area contributed by atoms with Crippen LogP contribution in [0.1, 0.15) is 66.4 Å². The molecule has 37 heavy (non-hydrogen) atoms. The van der Waals surface area contributed by atoms with Crippen LogP contribution in [0.4, 0.5) is 17.6 Å². The van der Waals surface area contributed by atoms with Gasteiger partial charge >= 0.3 is 12.1 Å². The van der Waals surface area contributed by atoms with Gasteiger partial charge in [0.05, 0.1) is 5.56 Å². The Bertz CT molecular complexity index is 1120. The highest BCUT2D eigenvalue weighted by Crippen LogP contribution is 2.46. The molecule has 1 unspecified atom stereocenters. The van der Waals surface area contributed by atoms with Crippen LogP contribution in [0, 0.1) is 11.7 Å². The highest BCUT2D eigenvalue weighted by Gasteiger charge is 2.33. The lowest BCUT2D eigenvalue weighted by molar-refractivity contribution is -0.154. The first-order chi connectivity index (χ1) is 17.5. The third-order valence-corrected chi connectivity index (χ3v) is 7.10. The molecule has 2 heterocycles. The average Bonchev–Trinajstić information content (AvgIpc) is 3.67. The molecule has 1 N–H and O–H groups in total. The van der Waals surface area contributed by atoms with Gasteiger partial charge in [-0.05, 0) is 80.3 Å². The second kappa shape index (κ2) is 11.4. The van der Waals surface area contributed by atoms with Gasteiger partial charge in [-0.1, -0.05) is 18.5 Å². The van der Waals surface area contributed by atoms with E-state index in [4.69, 9.17) is 16.3 Å². The monoisotopic (exact) mass is 544 g/mol.